The fraction of sp³-hybridized carbons (Fsp3) is 0.667. The molecule has 0 aromatic carbocycles. The molecule has 2 aromatic rings. The number of aromatic nitrogens is 4. The number of imidazole rings is 1. The molecule has 0 spiro atoms. The van der Waals surface area contributed by atoms with Crippen LogP contribution in [0.15, 0.2) is 4.52 Å². The molecule has 1 aliphatic heterocycles. The number of methoxy groups -OCH3 is 1. The standard InChI is InChI=1S/C15H24N6O2/c1-9-10(2)17-14(16-9)12-6-11(22-5)7-21(12)8-13-18-15(19-23-13)20(3)4/h11-12H,6-8H2,1-5H3,(H,16,17)/t11-,12+/m1/s1. The highest BCUT2D eigenvalue weighted by Crippen LogP contribution is 2.33. The number of aromatic amines is 1. The number of ether oxygens (including phenoxy) is 1. The van der Waals surface area contributed by atoms with Crippen LogP contribution in [0, 0.1) is 13.8 Å². The summed E-state index contributed by atoms with van der Waals surface area (Å²) < 4.78 is 10.9. The van der Waals surface area contributed by atoms with Gasteiger partial charge in [0.05, 0.1) is 24.4 Å². The summed E-state index contributed by atoms with van der Waals surface area (Å²) in [6.07, 6.45) is 1.08. The maximum absolute atomic E-state index is 5.55. The molecule has 0 unspecified atom stereocenters. The van der Waals surface area contributed by atoms with E-state index < -0.39 is 0 Å². The summed E-state index contributed by atoms with van der Waals surface area (Å²) in [6.45, 7) is 5.47. The van der Waals surface area contributed by atoms with Crippen LogP contribution in [0.2, 0.25) is 0 Å². The summed E-state index contributed by atoms with van der Waals surface area (Å²) in [5.41, 5.74) is 2.14. The van der Waals surface area contributed by atoms with Gasteiger partial charge in [-0.15, -0.1) is 0 Å². The van der Waals surface area contributed by atoms with Gasteiger partial charge in [-0.05, 0) is 25.4 Å². The second-order valence-electron chi connectivity index (χ2n) is 6.25. The van der Waals surface area contributed by atoms with E-state index in [-0.39, 0.29) is 12.1 Å². The van der Waals surface area contributed by atoms with E-state index in [1.807, 2.05) is 32.8 Å². The Bertz CT molecular complexity index is 645. The normalized spacial score (nSPS) is 22.0. The maximum Gasteiger partial charge on any atom is 0.265 e. The smallest absolute Gasteiger partial charge is 0.265 e. The topological polar surface area (TPSA) is 83.3 Å². The third-order valence-electron chi connectivity index (χ3n) is 4.36. The van der Waals surface area contributed by atoms with Crippen LogP contribution in [0.3, 0.4) is 0 Å². The van der Waals surface area contributed by atoms with Gasteiger partial charge in [-0.3, -0.25) is 4.90 Å². The lowest BCUT2D eigenvalue weighted by molar-refractivity contribution is 0.105. The number of likely N-dealkylation sites (tertiary alicyclic amines) is 1. The molecular weight excluding hydrogens is 296 g/mol. The summed E-state index contributed by atoms with van der Waals surface area (Å²) in [5, 5.41) is 3.97. The van der Waals surface area contributed by atoms with Gasteiger partial charge in [0.15, 0.2) is 0 Å². The maximum atomic E-state index is 5.55. The zero-order valence-corrected chi connectivity index (χ0v) is 14.3. The predicted octanol–water partition coefficient (Wildman–Crippen LogP) is 1.44. The van der Waals surface area contributed by atoms with E-state index in [4.69, 9.17) is 9.26 Å². The van der Waals surface area contributed by atoms with E-state index in [0.717, 1.165) is 30.2 Å². The number of anilines is 1. The Labute approximate surface area is 135 Å². The van der Waals surface area contributed by atoms with Gasteiger partial charge < -0.3 is 19.1 Å². The Hall–Kier alpha value is -1.93. The fourth-order valence-corrected chi connectivity index (χ4v) is 2.89. The molecule has 1 fully saturated rings. The van der Waals surface area contributed by atoms with Crippen LogP contribution in [0.1, 0.15) is 35.6 Å². The molecule has 23 heavy (non-hydrogen) atoms. The van der Waals surface area contributed by atoms with Crippen molar-refractivity contribution < 1.29 is 9.26 Å². The molecule has 0 amide bonds. The molecule has 3 rings (SSSR count). The highest BCUT2D eigenvalue weighted by atomic mass is 16.5. The van der Waals surface area contributed by atoms with Crippen molar-refractivity contribution in [3.63, 3.8) is 0 Å². The summed E-state index contributed by atoms with van der Waals surface area (Å²) in [6, 6.07) is 0.169. The first-order valence-electron chi connectivity index (χ1n) is 7.77. The predicted molar refractivity (Wildman–Crippen MR) is 85.3 cm³/mol. The first-order chi connectivity index (χ1) is 11.0. The lowest BCUT2D eigenvalue weighted by Gasteiger charge is -2.20. The minimum Gasteiger partial charge on any atom is -0.380 e. The third kappa shape index (κ3) is 3.23. The van der Waals surface area contributed by atoms with E-state index >= 15 is 0 Å². The van der Waals surface area contributed by atoms with E-state index in [9.17, 15) is 0 Å². The van der Waals surface area contributed by atoms with Crippen molar-refractivity contribution in [2.24, 2.45) is 0 Å². The molecular formula is C15H24N6O2. The van der Waals surface area contributed by atoms with Crippen molar-refractivity contribution in [1.29, 1.82) is 0 Å². The number of aryl methyl sites for hydroxylation is 2. The summed E-state index contributed by atoms with van der Waals surface area (Å²) in [4.78, 5) is 16.6. The highest BCUT2D eigenvalue weighted by molar-refractivity contribution is 5.23. The average Bonchev–Trinajstić information content (AvgIpc) is 3.20. The number of H-pyrrole nitrogens is 1. The summed E-state index contributed by atoms with van der Waals surface area (Å²) in [5.74, 6) is 2.17. The SMILES string of the molecule is CO[C@@H]1C[C@@H](c2nc(C)c(C)[nH]2)N(Cc2nc(N(C)C)no2)C1. The third-order valence-corrected chi connectivity index (χ3v) is 4.36. The van der Waals surface area contributed by atoms with Crippen molar-refractivity contribution in [3.05, 3.63) is 23.1 Å². The zero-order chi connectivity index (χ0) is 16.6. The van der Waals surface area contributed by atoms with E-state index in [0.29, 0.717) is 18.4 Å². The minimum atomic E-state index is 0.169. The largest absolute Gasteiger partial charge is 0.380 e. The summed E-state index contributed by atoms with van der Waals surface area (Å²) >= 11 is 0. The van der Waals surface area contributed by atoms with Crippen LogP contribution < -0.4 is 4.90 Å². The molecule has 0 saturated carbocycles. The molecule has 1 aliphatic rings. The molecule has 0 aliphatic carbocycles. The lowest BCUT2D eigenvalue weighted by atomic mass is 10.2. The van der Waals surface area contributed by atoms with Gasteiger partial charge in [-0.1, -0.05) is 0 Å². The minimum absolute atomic E-state index is 0.169. The Morgan fingerprint density at radius 2 is 2.13 bits per heavy atom. The number of hydrogen-bond acceptors (Lipinski definition) is 7. The van der Waals surface area contributed by atoms with Crippen molar-refractivity contribution in [2.45, 2.75) is 39.0 Å². The molecule has 2 aromatic heterocycles. The molecule has 8 heteroatoms. The van der Waals surface area contributed by atoms with Crippen LogP contribution in [0.25, 0.3) is 0 Å². The molecule has 126 valence electrons. The lowest BCUT2D eigenvalue weighted by Crippen LogP contribution is -2.25. The number of rotatable bonds is 5. The second-order valence-corrected chi connectivity index (χ2v) is 6.25. The fourth-order valence-electron chi connectivity index (χ4n) is 2.89. The molecule has 0 radical (unpaired) electrons. The van der Waals surface area contributed by atoms with Crippen LogP contribution in [-0.4, -0.2) is 58.9 Å². The van der Waals surface area contributed by atoms with Crippen molar-refractivity contribution in [3.8, 4) is 0 Å². The van der Waals surface area contributed by atoms with E-state index in [1.165, 1.54) is 0 Å². The van der Waals surface area contributed by atoms with Gasteiger partial charge in [0.2, 0.25) is 5.89 Å². The first-order valence-corrected chi connectivity index (χ1v) is 7.77. The van der Waals surface area contributed by atoms with Crippen LogP contribution in [0.5, 0.6) is 0 Å². The Kier molecular flexibility index (Phi) is 4.36. The molecule has 1 N–H and O–H groups in total. The Balaban J connectivity index is 1.79. The van der Waals surface area contributed by atoms with Crippen molar-refractivity contribution >= 4 is 5.95 Å². The van der Waals surface area contributed by atoms with Gasteiger partial charge in [0.25, 0.3) is 5.95 Å². The van der Waals surface area contributed by atoms with E-state index in [1.54, 1.807) is 7.11 Å². The van der Waals surface area contributed by atoms with Crippen LogP contribution >= 0.6 is 0 Å². The Morgan fingerprint density at radius 3 is 2.70 bits per heavy atom. The molecule has 3 heterocycles. The Morgan fingerprint density at radius 1 is 1.35 bits per heavy atom. The number of nitrogens with one attached hydrogen (secondary N) is 1. The molecule has 8 nitrogen and oxygen atoms in total. The van der Waals surface area contributed by atoms with Gasteiger partial charge >= 0.3 is 0 Å². The van der Waals surface area contributed by atoms with Gasteiger partial charge in [0.1, 0.15) is 5.82 Å². The first kappa shape index (κ1) is 15.9. The monoisotopic (exact) mass is 320 g/mol. The van der Waals surface area contributed by atoms with Crippen molar-refractivity contribution in [2.75, 3.05) is 32.6 Å². The van der Waals surface area contributed by atoms with E-state index in [2.05, 4.69) is 25.0 Å². The number of hydrogen-bond donors (Lipinski definition) is 1. The van der Waals surface area contributed by atoms with Crippen LogP contribution in [0.4, 0.5) is 5.95 Å². The van der Waals surface area contributed by atoms with Gasteiger partial charge in [-0.25, -0.2) is 4.98 Å². The van der Waals surface area contributed by atoms with Gasteiger partial charge in [0, 0.05) is 33.4 Å². The zero-order valence-electron chi connectivity index (χ0n) is 14.3. The summed E-state index contributed by atoms with van der Waals surface area (Å²) in [7, 11) is 5.53. The average molecular weight is 320 g/mol. The molecule has 2 atom stereocenters. The second kappa shape index (κ2) is 6.29. The van der Waals surface area contributed by atoms with Gasteiger partial charge in [-0.2, -0.15) is 4.98 Å². The molecule has 0 bridgehead atoms. The quantitative estimate of drug-likeness (QED) is 0.892. The van der Waals surface area contributed by atoms with Crippen LogP contribution in [-0.2, 0) is 11.3 Å². The van der Waals surface area contributed by atoms with Crippen molar-refractivity contribution in [1.82, 2.24) is 25.0 Å². The number of nitrogens with zero attached hydrogens (tertiary/aromatic N) is 5. The highest BCUT2D eigenvalue weighted by Gasteiger charge is 2.36. The molecule has 1 saturated heterocycles.